The SMILES string of the molecule is Cc1cc(C(=O)N[C@@H](CC(N)=O)C2CCCCC2)sc1C. The van der Waals surface area contributed by atoms with E-state index in [2.05, 4.69) is 5.32 Å². The molecule has 5 heteroatoms. The molecular weight excluding hydrogens is 284 g/mol. The third kappa shape index (κ3) is 4.30. The van der Waals surface area contributed by atoms with Gasteiger partial charge in [0.15, 0.2) is 0 Å². The first-order chi connectivity index (χ1) is 9.97. The molecule has 0 spiro atoms. The lowest BCUT2D eigenvalue weighted by molar-refractivity contribution is -0.118. The van der Waals surface area contributed by atoms with Gasteiger partial charge in [0, 0.05) is 17.3 Å². The number of carbonyl (C=O) groups is 2. The molecule has 2 amide bonds. The zero-order valence-electron chi connectivity index (χ0n) is 12.8. The van der Waals surface area contributed by atoms with Gasteiger partial charge in [-0.1, -0.05) is 19.3 Å². The van der Waals surface area contributed by atoms with E-state index in [1.54, 1.807) is 0 Å². The fraction of sp³-hybridized carbons (Fsp3) is 0.625. The Labute approximate surface area is 130 Å². The van der Waals surface area contributed by atoms with Crippen LogP contribution < -0.4 is 11.1 Å². The van der Waals surface area contributed by atoms with Gasteiger partial charge in [-0.25, -0.2) is 0 Å². The summed E-state index contributed by atoms with van der Waals surface area (Å²) in [6, 6.07) is 1.79. The van der Waals surface area contributed by atoms with E-state index in [-0.39, 0.29) is 24.3 Å². The van der Waals surface area contributed by atoms with Crippen molar-refractivity contribution in [2.24, 2.45) is 11.7 Å². The monoisotopic (exact) mass is 308 g/mol. The predicted octanol–water partition coefficient (Wildman–Crippen LogP) is 2.92. The summed E-state index contributed by atoms with van der Waals surface area (Å²) in [5.41, 5.74) is 6.49. The van der Waals surface area contributed by atoms with Crippen LogP contribution in [0.3, 0.4) is 0 Å². The minimum Gasteiger partial charge on any atom is -0.370 e. The van der Waals surface area contributed by atoms with Crippen molar-refractivity contribution in [1.29, 1.82) is 0 Å². The summed E-state index contributed by atoms with van der Waals surface area (Å²) in [5.74, 6) is -0.0465. The van der Waals surface area contributed by atoms with Crippen LogP contribution in [0, 0.1) is 19.8 Å². The van der Waals surface area contributed by atoms with Crippen molar-refractivity contribution < 1.29 is 9.59 Å². The molecule has 0 unspecified atom stereocenters. The van der Waals surface area contributed by atoms with Crippen molar-refractivity contribution in [2.75, 3.05) is 0 Å². The van der Waals surface area contributed by atoms with Crippen LogP contribution in [-0.4, -0.2) is 17.9 Å². The third-order valence-corrected chi connectivity index (χ3v) is 5.50. The largest absolute Gasteiger partial charge is 0.370 e. The summed E-state index contributed by atoms with van der Waals surface area (Å²) in [6.45, 7) is 4.02. The highest BCUT2D eigenvalue weighted by molar-refractivity contribution is 7.14. The van der Waals surface area contributed by atoms with Gasteiger partial charge in [-0.3, -0.25) is 9.59 Å². The van der Waals surface area contributed by atoms with Crippen LogP contribution in [-0.2, 0) is 4.79 Å². The average molecular weight is 308 g/mol. The minimum absolute atomic E-state index is 0.0759. The summed E-state index contributed by atoms with van der Waals surface area (Å²) in [4.78, 5) is 25.6. The molecule has 2 rings (SSSR count). The molecule has 1 aromatic rings. The van der Waals surface area contributed by atoms with Gasteiger partial charge in [0.05, 0.1) is 4.88 Å². The Morgan fingerprint density at radius 2 is 2.00 bits per heavy atom. The van der Waals surface area contributed by atoms with Gasteiger partial charge in [-0.15, -0.1) is 11.3 Å². The maximum absolute atomic E-state index is 12.4. The Balaban J connectivity index is 2.06. The van der Waals surface area contributed by atoms with Crippen molar-refractivity contribution in [3.63, 3.8) is 0 Å². The Kier molecular flexibility index (Phi) is 5.39. The van der Waals surface area contributed by atoms with Crippen molar-refractivity contribution in [2.45, 2.75) is 58.4 Å². The smallest absolute Gasteiger partial charge is 0.261 e. The van der Waals surface area contributed by atoms with Gasteiger partial charge in [-0.2, -0.15) is 0 Å². The molecule has 1 heterocycles. The summed E-state index contributed by atoms with van der Waals surface area (Å²) < 4.78 is 0. The molecule has 4 nitrogen and oxygen atoms in total. The molecule has 1 atom stereocenters. The van der Waals surface area contributed by atoms with Gasteiger partial charge >= 0.3 is 0 Å². The minimum atomic E-state index is -0.343. The van der Waals surface area contributed by atoms with Gasteiger partial charge in [0.25, 0.3) is 5.91 Å². The number of nitrogens with two attached hydrogens (primary N) is 1. The Bertz CT molecular complexity index is 499. The lowest BCUT2D eigenvalue weighted by atomic mass is 9.82. The zero-order chi connectivity index (χ0) is 15.4. The van der Waals surface area contributed by atoms with Crippen molar-refractivity contribution in [1.82, 2.24) is 5.32 Å². The number of nitrogens with one attached hydrogen (secondary N) is 1. The van der Waals surface area contributed by atoms with Gasteiger partial charge in [-0.05, 0) is 44.2 Å². The maximum atomic E-state index is 12.4. The summed E-state index contributed by atoms with van der Waals surface area (Å²) in [5, 5.41) is 3.05. The van der Waals surface area contributed by atoms with Crippen LogP contribution >= 0.6 is 11.3 Å². The van der Waals surface area contributed by atoms with Crippen LogP contribution in [0.5, 0.6) is 0 Å². The highest BCUT2D eigenvalue weighted by Gasteiger charge is 2.27. The van der Waals surface area contributed by atoms with Crippen molar-refractivity contribution >= 4 is 23.2 Å². The van der Waals surface area contributed by atoms with E-state index in [1.807, 2.05) is 19.9 Å². The number of rotatable bonds is 5. The lowest BCUT2D eigenvalue weighted by Crippen LogP contribution is -2.43. The molecule has 0 bridgehead atoms. The maximum Gasteiger partial charge on any atom is 0.261 e. The molecule has 1 aliphatic rings. The topological polar surface area (TPSA) is 72.2 Å². The van der Waals surface area contributed by atoms with E-state index < -0.39 is 0 Å². The third-order valence-electron chi connectivity index (χ3n) is 4.35. The number of carbonyl (C=O) groups excluding carboxylic acids is 2. The standard InChI is InChI=1S/C16H24N2O2S/c1-10-8-14(21-11(10)2)16(20)18-13(9-15(17)19)12-6-4-3-5-7-12/h8,12-13H,3-7,9H2,1-2H3,(H2,17,19)(H,18,20)/t13-/m0/s1. The van der Waals surface area contributed by atoms with E-state index >= 15 is 0 Å². The number of hydrogen-bond acceptors (Lipinski definition) is 3. The molecule has 116 valence electrons. The highest BCUT2D eigenvalue weighted by atomic mass is 32.1. The Morgan fingerprint density at radius 3 is 2.52 bits per heavy atom. The second kappa shape index (κ2) is 7.07. The Hall–Kier alpha value is -1.36. The fourth-order valence-electron chi connectivity index (χ4n) is 3.01. The molecular formula is C16H24N2O2S. The molecule has 1 aromatic heterocycles. The summed E-state index contributed by atoms with van der Waals surface area (Å²) in [6.07, 6.45) is 5.97. The summed E-state index contributed by atoms with van der Waals surface area (Å²) in [7, 11) is 0. The first-order valence-electron chi connectivity index (χ1n) is 7.63. The normalized spacial score (nSPS) is 17.4. The second-order valence-electron chi connectivity index (χ2n) is 6.00. The molecule has 1 aliphatic carbocycles. The van der Waals surface area contributed by atoms with E-state index in [1.165, 1.54) is 30.6 Å². The molecule has 21 heavy (non-hydrogen) atoms. The molecule has 0 radical (unpaired) electrons. The lowest BCUT2D eigenvalue weighted by Gasteiger charge is -2.30. The van der Waals surface area contributed by atoms with E-state index in [4.69, 9.17) is 5.73 Å². The molecule has 0 saturated heterocycles. The number of aryl methyl sites for hydroxylation is 2. The molecule has 1 fully saturated rings. The quantitative estimate of drug-likeness (QED) is 0.878. The highest BCUT2D eigenvalue weighted by Crippen LogP contribution is 2.28. The number of primary amides is 1. The fourth-order valence-corrected chi connectivity index (χ4v) is 3.95. The summed E-state index contributed by atoms with van der Waals surface area (Å²) >= 11 is 1.50. The average Bonchev–Trinajstić information content (AvgIpc) is 2.78. The number of thiophene rings is 1. The van der Waals surface area contributed by atoms with Crippen LogP contribution in [0.15, 0.2) is 6.07 Å². The number of hydrogen-bond donors (Lipinski definition) is 2. The van der Waals surface area contributed by atoms with Crippen molar-refractivity contribution in [3.8, 4) is 0 Å². The second-order valence-corrected chi connectivity index (χ2v) is 7.25. The van der Waals surface area contributed by atoms with Gasteiger partial charge in [0.1, 0.15) is 0 Å². The van der Waals surface area contributed by atoms with Crippen molar-refractivity contribution in [3.05, 3.63) is 21.4 Å². The van der Waals surface area contributed by atoms with Crippen LogP contribution in [0.1, 0.15) is 58.6 Å². The van der Waals surface area contributed by atoms with E-state index in [9.17, 15) is 9.59 Å². The van der Waals surface area contributed by atoms with Crippen LogP contribution in [0.4, 0.5) is 0 Å². The molecule has 0 aliphatic heterocycles. The number of amides is 2. The van der Waals surface area contributed by atoms with Crippen LogP contribution in [0.2, 0.25) is 0 Å². The van der Waals surface area contributed by atoms with Gasteiger partial charge in [0.2, 0.25) is 5.91 Å². The first-order valence-corrected chi connectivity index (χ1v) is 8.45. The van der Waals surface area contributed by atoms with E-state index in [0.717, 1.165) is 28.2 Å². The first kappa shape index (κ1) is 16.0. The molecule has 3 N–H and O–H groups in total. The van der Waals surface area contributed by atoms with Crippen LogP contribution in [0.25, 0.3) is 0 Å². The van der Waals surface area contributed by atoms with E-state index in [0.29, 0.717) is 5.92 Å². The molecule has 1 saturated carbocycles. The zero-order valence-corrected chi connectivity index (χ0v) is 13.6. The predicted molar refractivity (Wildman–Crippen MR) is 85.4 cm³/mol. The Morgan fingerprint density at radius 1 is 1.33 bits per heavy atom. The van der Waals surface area contributed by atoms with Gasteiger partial charge < -0.3 is 11.1 Å². The molecule has 0 aromatic carbocycles.